The second-order valence-electron chi connectivity index (χ2n) is 5.20. The van der Waals surface area contributed by atoms with Gasteiger partial charge in [0.25, 0.3) is 0 Å². The molecular weight excluding hydrogens is 243 g/mol. The molecule has 1 fully saturated rings. The van der Waals surface area contributed by atoms with Crippen LogP contribution in [0, 0.1) is 5.82 Å². The summed E-state index contributed by atoms with van der Waals surface area (Å²) in [4.78, 5) is 12.5. The SMILES string of the molecule is NCCNC(=O)C1(c2cccc(F)c2)CCCCC1. The van der Waals surface area contributed by atoms with E-state index in [2.05, 4.69) is 5.32 Å². The van der Waals surface area contributed by atoms with Crippen LogP contribution in [0.5, 0.6) is 0 Å². The van der Waals surface area contributed by atoms with Gasteiger partial charge < -0.3 is 11.1 Å². The van der Waals surface area contributed by atoms with Crippen LogP contribution in [-0.2, 0) is 10.2 Å². The van der Waals surface area contributed by atoms with Gasteiger partial charge in [0.15, 0.2) is 0 Å². The molecule has 0 spiro atoms. The molecule has 1 aliphatic carbocycles. The average molecular weight is 264 g/mol. The van der Waals surface area contributed by atoms with E-state index in [4.69, 9.17) is 5.73 Å². The van der Waals surface area contributed by atoms with Gasteiger partial charge in [0.1, 0.15) is 5.82 Å². The third-order valence-corrected chi connectivity index (χ3v) is 3.95. The van der Waals surface area contributed by atoms with Gasteiger partial charge >= 0.3 is 0 Å². The summed E-state index contributed by atoms with van der Waals surface area (Å²) in [7, 11) is 0. The Labute approximate surface area is 113 Å². The van der Waals surface area contributed by atoms with E-state index >= 15 is 0 Å². The van der Waals surface area contributed by atoms with Crippen LogP contribution in [0.1, 0.15) is 37.7 Å². The van der Waals surface area contributed by atoms with Crippen molar-refractivity contribution in [1.29, 1.82) is 0 Å². The summed E-state index contributed by atoms with van der Waals surface area (Å²) in [5.74, 6) is -0.294. The number of carbonyl (C=O) groups excluding carboxylic acids is 1. The lowest BCUT2D eigenvalue weighted by atomic mass is 9.68. The maximum atomic E-state index is 13.5. The van der Waals surface area contributed by atoms with Crippen LogP contribution < -0.4 is 11.1 Å². The van der Waals surface area contributed by atoms with Crippen LogP contribution in [0.4, 0.5) is 4.39 Å². The molecular formula is C15H21FN2O. The van der Waals surface area contributed by atoms with Crippen molar-refractivity contribution in [3.63, 3.8) is 0 Å². The lowest BCUT2D eigenvalue weighted by Gasteiger charge is -2.36. The van der Waals surface area contributed by atoms with Crippen molar-refractivity contribution in [3.05, 3.63) is 35.6 Å². The quantitative estimate of drug-likeness (QED) is 0.875. The number of carbonyl (C=O) groups is 1. The second-order valence-corrected chi connectivity index (χ2v) is 5.20. The molecule has 0 atom stereocenters. The van der Waals surface area contributed by atoms with Gasteiger partial charge in [-0.25, -0.2) is 4.39 Å². The summed E-state index contributed by atoms with van der Waals surface area (Å²) in [5.41, 5.74) is 5.66. The first-order valence-corrected chi connectivity index (χ1v) is 6.93. The summed E-state index contributed by atoms with van der Waals surface area (Å²) < 4.78 is 13.5. The first-order chi connectivity index (χ1) is 9.19. The van der Waals surface area contributed by atoms with Crippen molar-refractivity contribution in [2.24, 2.45) is 5.73 Å². The van der Waals surface area contributed by atoms with Gasteiger partial charge in [-0.1, -0.05) is 31.4 Å². The minimum absolute atomic E-state index is 0.0109. The van der Waals surface area contributed by atoms with Gasteiger partial charge in [-0.05, 0) is 30.5 Å². The number of rotatable bonds is 4. The highest BCUT2D eigenvalue weighted by Crippen LogP contribution is 2.39. The third kappa shape index (κ3) is 2.95. The van der Waals surface area contributed by atoms with E-state index in [1.807, 2.05) is 6.07 Å². The first-order valence-electron chi connectivity index (χ1n) is 6.93. The van der Waals surface area contributed by atoms with Gasteiger partial charge in [-0.3, -0.25) is 4.79 Å². The second kappa shape index (κ2) is 6.15. The van der Waals surface area contributed by atoms with E-state index in [0.29, 0.717) is 13.1 Å². The van der Waals surface area contributed by atoms with Crippen molar-refractivity contribution in [2.45, 2.75) is 37.5 Å². The summed E-state index contributed by atoms with van der Waals surface area (Å²) in [6.07, 6.45) is 4.72. The number of hydrogen-bond donors (Lipinski definition) is 2. The lowest BCUT2D eigenvalue weighted by molar-refractivity contribution is -0.128. The number of benzene rings is 1. The smallest absolute Gasteiger partial charge is 0.230 e. The average Bonchev–Trinajstić information content (AvgIpc) is 2.45. The minimum Gasteiger partial charge on any atom is -0.354 e. The van der Waals surface area contributed by atoms with Crippen LogP contribution in [0.2, 0.25) is 0 Å². The van der Waals surface area contributed by atoms with E-state index in [1.54, 1.807) is 6.07 Å². The fourth-order valence-electron chi connectivity index (χ4n) is 2.94. The number of amides is 1. The molecule has 0 aliphatic heterocycles. The van der Waals surface area contributed by atoms with Crippen molar-refractivity contribution in [2.75, 3.05) is 13.1 Å². The lowest BCUT2D eigenvalue weighted by Crippen LogP contribution is -2.47. The highest BCUT2D eigenvalue weighted by atomic mass is 19.1. The summed E-state index contributed by atoms with van der Waals surface area (Å²) in [5, 5.41) is 2.87. The number of nitrogens with one attached hydrogen (secondary N) is 1. The molecule has 0 heterocycles. The highest BCUT2D eigenvalue weighted by Gasteiger charge is 2.40. The van der Waals surface area contributed by atoms with E-state index < -0.39 is 5.41 Å². The maximum absolute atomic E-state index is 13.5. The fourth-order valence-corrected chi connectivity index (χ4v) is 2.94. The molecule has 4 heteroatoms. The van der Waals surface area contributed by atoms with Gasteiger partial charge in [0, 0.05) is 13.1 Å². The van der Waals surface area contributed by atoms with Gasteiger partial charge in [0.2, 0.25) is 5.91 Å². The third-order valence-electron chi connectivity index (χ3n) is 3.95. The molecule has 0 unspecified atom stereocenters. The van der Waals surface area contributed by atoms with Gasteiger partial charge in [-0.15, -0.1) is 0 Å². The van der Waals surface area contributed by atoms with E-state index in [9.17, 15) is 9.18 Å². The van der Waals surface area contributed by atoms with Crippen molar-refractivity contribution in [1.82, 2.24) is 5.32 Å². The summed E-state index contributed by atoms with van der Waals surface area (Å²) in [6, 6.07) is 6.44. The topological polar surface area (TPSA) is 55.1 Å². The Kier molecular flexibility index (Phi) is 4.53. The van der Waals surface area contributed by atoms with E-state index in [1.165, 1.54) is 12.1 Å². The van der Waals surface area contributed by atoms with Crippen LogP contribution in [-0.4, -0.2) is 19.0 Å². The van der Waals surface area contributed by atoms with Crippen LogP contribution in [0.25, 0.3) is 0 Å². The Morgan fingerprint density at radius 3 is 2.68 bits per heavy atom. The Balaban J connectivity index is 2.31. The van der Waals surface area contributed by atoms with Crippen LogP contribution in [0.3, 0.4) is 0 Å². The summed E-state index contributed by atoms with van der Waals surface area (Å²) in [6.45, 7) is 0.890. The first kappa shape index (κ1) is 14.0. The fraction of sp³-hybridized carbons (Fsp3) is 0.533. The Hall–Kier alpha value is -1.42. The Morgan fingerprint density at radius 1 is 1.32 bits per heavy atom. The molecule has 0 radical (unpaired) electrons. The molecule has 0 bridgehead atoms. The highest BCUT2D eigenvalue weighted by molar-refractivity contribution is 5.88. The molecule has 1 aliphatic rings. The van der Waals surface area contributed by atoms with Crippen LogP contribution >= 0.6 is 0 Å². The minimum atomic E-state index is -0.574. The number of halogens is 1. The maximum Gasteiger partial charge on any atom is 0.230 e. The van der Waals surface area contributed by atoms with Gasteiger partial charge in [0.05, 0.1) is 5.41 Å². The number of hydrogen-bond acceptors (Lipinski definition) is 2. The predicted octanol–water partition coefficient (Wildman–Crippen LogP) is 2.10. The molecule has 2 rings (SSSR count). The van der Waals surface area contributed by atoms with Crippen molar-refractivity contribution in [3.8, 4) is 0 Å². The summed E-state index contributed by atoms with van der Waals surface area (Å²) >= 11 is 0. The zero-order valence-electron chi connectivity index (χ0n) is 11.1. The largest absolute Gasteiger partial charge is 0.354 e. The molecule has 1 aromatic rings. The molecule has 1 aromatic carbocycles. The molecule has 19 heavy (non-hydrogen) atoms. The van der Waals surface area contributed by atoms with Gasteiger partial charge in [-0.2, -0.15) is 0 Å². The normalized spacial score (nSPS) is 18.0. The molecule has 3 nitrogen and oxygen atoms in total. The zero-order chi connectivity index (χ0) is 13.7. The predicted molar refractivity (Wildman–Crippen MR) is 73.2 cm³/mol. The molecule has 104 valence electrons. The molecule has 1 saturated carbocycles. The number of nitrogens with two attached hydrogens (primary N) is 1. The van der Waals surface area contributed by atoms with Crippen molar-refractivity contribution < 1.29 is 9.18 Å². The van der Waals surface area contributed by atoms with E-state index in [0.717, 1.165) is 37.7 Å². The van der Waals surface area contributed by atoms with Crippen LogP contribution in [0.15, 0.2) is 24.3 Å². The molecule has 1 amide bonds. The molecule has 0 saturated heterocycles. The molecule has 0 aromatic heterocycles. The zero-order valence-corrected chi connectivity index (χ0v) is 11.1. The Bertz CT molecular complexity index is 442. The monoisotopic (exact) mass is 264 g/mol. The molecule has 3 N–H and O–H groups in total. The van der Waals surface area contributed by atoms with E-state index in [-0.39, 0.29) is 11.7 Å². The standard InChI is InChI=1S/C15H21FN2O/c16-13-6-4-5-12(11-13)15(7-2-1-3-8-15)14(19)18-10-9-17/h4-6,11H,1-3,7-10,17H2,(H,18,19). The van der Waals surface area contributed by atoms with Crippen molar-refractivity contribution >= 4 is 5.91 Å². The Morgan fingerprint density at radius 2 is 2.05 bits per heavy atom.